The molecular weight excluding hydrogens is 230 g/mol. The first-order valence-electron chi connectivity index (χ1n) is 5.70. The summed E-state index contributed by atoms with van der Waals surface area (Å²) in [5.41, 5.74) is 2.05. The first-order valence-corrected chi connectivity index (χ1v) is 5.70. The van der Waals surface area contributed by atoms with Gasteiger partial charge in [0.15, 0.2) is 0 Å². The maximum atomic E-state index is 11.9. The molecule has 94 valence electrons. The van der Waals surface area contributed by atoms with E-state index in [1.54, 1.807) is 17.9 Å². The molecular formula is C13H15N3O2. The van der Waals surface area contributed by atoms with Gasteiger partial charge in [-0.05, 0) is 0 Å². The van der Waals surface area contributed by atoms with Crippen molar-refractivity contribution in [1.29, 1.82) is 0 Å². The van der Waals surface area contributed by atoms with Crippen molar-refractivity contribution in [1.82, 2.24) is 15.1 Å². The molecule has 18 heavy (non-hydrogen) atoms. The fraction of sp³-hybridized carbons (Fsp3) is 0.231. The first kappa shape index (κ1) is 12.3. The third kappa shape index (κ3) is 2.57. The minimum Gasteiger partial charge on any atom is -0.395 e. The molecule has 0 bridgehead atoms. The molecule has 0 aliphatic rings. The van der Waals surface area contributed by atoms with Gasteiger partial charge in [-0.2, -0.15) is 5.10 Å². The summed E-state index contributed by atoms with van der Waals surface area (Å²) in [4.78, 5) is 11.9. The summed E-state index contributed by atoms with van der Waals surface area (Å²) in [6.07, 6.45) is 1.68. The maximum Gasteiger partial charge on any atom is 0.255 e. The molecule has 0 unspecified atom stereocenters. The second-order valence-electron chi connectivity index (χ2n) is 3.91. The predicted molar refractivity (Wildman–Crippen MR) is 68.1 cm³/mol. The van der Waals surface area contributed by atoms with Crippen molar-refractivity contribution in [2.45, 2.75) is 0 Å². The number of nitrogens with one attached hydrogen (secondary N) is 1. The number of carbonyl (C=O) groups is 1. The van der Waals surface area contributed by atoms with Gasteiger partial charge in [0.25, 0.3) is 5.91 Å². The van der Waals surface area contributed by atoms with Crippen molar-refractivity contribution in [3.8, 4) is 11.3 Å². The summed E-state index contributed by atoms with van der Waals surface area (Å²) < 4.78 is 1.61. The maximum absolute atomic E-state index is 11.9. The SMILES string of the molecule is Cn1cc(C(=O)NCCO)c(-c2ccccc2)n1. The molecule has 0 saturated heterocycles. The lowest BCUT2D eigenvalue weighted by Gasteiger charge is -2.03. The Labute approximate surface area is 105 Å². The van der Waals surface area contributed by atoms with Crippen LogP contribution in [0.5, 0.6) is 0 Å². The molecule has 1 heterocycles. The van der Waals surface area contributed by atoms with Gasteiger partial charge in [-0.1, -0.05) is 30.3 Å². The highest BCUT2D eigenvalue weighted by Crippen LogP contribution is 2.21. The van der Waals surface area contributed by atoms with Gasteiger partial charge in [0, 0.05) is 25.4 Å². The van der Waals surface area contributed by atoms with Crippen LogP contribution in [-0.2, 0) is 7.05 Å². The Hall–Kier alpha value is -2.14. The number of amides is 1. The number of aryl methyl sites for hydroxylation is 1. The number of aromatic nitrogens is 2. The van der Waals surface area contributed by atoms with Crippen LogP contribution in [0, 0.1) is 0 Å². The summed E-state index contributed by atoms with van der Waals surface area (Å²) in [6, 6.07) is 9.53. The summed E-state index contributed by atoms with van der Waals surface area (Å²) in [5.74, 6) is -0.226. The van der Waals surface area contributed by atoms with Crippen LogP contribution in [0.25, 0.3) is 11.3 Å². The zero-order valence-corrected chi connectivity index (χ0v) is 10.1. The molecule has 0 saturated carbocycles. The second-order valence-corrected chi connectivity index (χ2v) is 3.91. The fourth-order valence-electron chi connectivity index (χ4n) is 1.73. The Morgan fingerprint density at radius 2 is 2.11 bits per heavy atom. The smallest absolute Gasteiger partial charge is 0.255 e. The summed E-state index contributed by atoms with van der Waals surface area (Å²) in [7, 11) is 1.77. The Balaban J connectivity index is 2.34. The van der Waals surface area contributed by atoms with Crippen molar-refractivity contribution in [2.75, 3.05) is 13.2 Å². The van der Waals surface area contributed by atoms with Crippen molar-refractivity contribution in [3.05, 3.63) is 42.1 Å². The van der Waals surface area contributed by atoms with Gasteiger partial charge >= 0.3 is 0 Å². The van der Waals surface area contributed by atoms with Crippen LogP contribution in [0.2, 0.25) is 0 Å². The molecule has 0 spiro atoms. The number of hydrogen-bond donors (Lipinski definition) is 2. The average molecular weight is 245 g/mol. The third-order valence-electron chi connectivity index (χ3n) is 2.52. The molecule has 0 fully saturated rings. The number of nitrogens with zero attached hydrogens (tertiary/aromatic N) is 2. The highest BCUT2D eigenvalue weighted by Gasteiger charge is 2.16. The van der Waals surface area contributed by atoms with E-state index in [9.17, 15) is 4.79 Å². The lowest BCUT2D eigenvalue weighted by Crippen LogP contribution is -2.26. The minimum atomic E-state index is -0.226. The topological polar surface area (TPSA) is 67.2 Å². The third-order valence-corrected chi connectivity index (χ3v) is 2.52. The lowest BCUT2D eigenvalue weighted by atomic mass is 10.1. The predicted octanol–water partition coefficient (Wildman–Crippen LogP) is 0.809. The Morgan fingerprint density at radius 1 is 1.39 bits per heavy atom. The van der Waals surface area contributed by atoms with E-state index in [1.165, 1.54) is 0 Å². The van der Waals surface area contributed by atoms with E-state index in [1.807, 2.05) is 30.3 Å². The molecule has 0 atom stereocenters. The van der Waals surface area contributed by atoms with Crippen LogP contribution in [0.1, 0.15) is 10.4 Å². The van der Waals surface area contributed by atoms with Crippen LogP contribution in [0.15, 0.2) is 36.5 Å². The van der Waals surface area contributed by atoms with E-state index >= 15 is 0 Å². The quantitative estimate of drug-likeness (QED) is 0.837. The van der Waals surface area contributed by atoms with E-state index in [-0.39, 0.29) is 19.1 Å². The van der Waals surface area contributed by atoms with Gasteiger partial charge in [-0.3, -0.25) is 9.48 Å². The van der Waals surface area contributed by atoms with Crippen LogP contribution in [-0.4, -0.2) is 33.9 Å². The van der Waals surface area contributed by atoms with E-state index in [0.717, 1.165) is 5.56 Å². The average Bonchev–Trinajstić information content (AvgIpc) is 2.79. The van der Waals surface area contributed by atoms with E-state index in [4.69, 9.17) is 5.11 Å². The summed E-state index contributed by atoms with van der Waals surface area (Å²) in [6.45, 7) is 0.161. The number of hydrogen-bond acceptors (Lipinski definition) is 3. The number of aliphatic hydroxyl groups excluding tert-OH is 1. The van der Waals surface area contributed by atoms with Gasteiger partial charge in [0.2, 0.25) is 0 Å². The fourth-order valence-corrected chi connectivity index (χ4v) is 1.73. The molecule has 1 amide bonds. The van der Waals surface area contributed by atoms with Crippen LogP contribution < -0.4 is 5.32 Å². The zero-order valence-electron chi connectivity index (χ0n) is 10.1. The van der Waals surface area contributed by atoms with Crippen molar-refractivity contribution in [2.24, 2.45) is 7.05 Å². The van der Waals surface area contributed by atoms with Crippen LogP contribution >= 0.6 is 0 Å². The van der Waals surface area contributed by atoms with Crippen molar-refractivity contribution in [3.63, 3.8) is 0 Å². The molecule has 1 aromatic carbocycles. The zero-order chi connectivity index (χ0) is 13.0. The summed E-state index contributed by atoms with van der Waals surface area (Å²) in [5, 5.41) is 15.7. The molecule has 2 aromatic rings. The van der Waals surface area contributed by atoms with E-state index in [2.05, 4.69) is 10.4 Å². The monoisotopic (exact) mass is 245 g/mol. The molecule has 2 N–H and O–H groups in total. The van der Waals surface area contributed by atoms with E-state index in [0.29, 0.717) is 11.3 Å². The highest BCUT2D eigenvalue weighted by atomic mass is 16.3. The Morgan fingerprint density at radius 3 is 2.78 bits per heavy atom. The molecule has 5 nitrogen and oxygen atoms in total. The number of aliphatic hydroxyl groups is 1. The lowest BCUT2D eigenvalue weighted by molar-refractivity contribution is 0.0945. The van der Waals surface area contributed by atoms with E-state index < -0.39 is 0 Å². The minimum absolute atomic E-state index is 0.0767. The first-order chi connectivity index (χ1) is 8.72. The Kier molecular flexibility index (Phi) is 3.74. The van der Waals surface area contributed by atoms with Crippen molar-refractivity contribution >= 4 is 5.91 Å². The van der Waals surface area contributed by atoms with Gasteiger partial charge in [0.05, 0.1) is 12.2 Å². The summed E-state index contributed by atoms with van der Waals surface area (Å²) >= 11 is 0. The largest absolute Gasteiger partial charge is 0.395 e. The standard InChI is InChI=1S/C13H15N3O2/c1-16-9-11(13(18)14-7-8-17)12(15-16)10-5-3-2-4-6-10/h2-6,9,17H,7-8H2,1H3,(H,14,18). The number of carbonyl (C=O) groups excluding carboxylic acids is 1. The van der Waals surface area contributed by atoms with Gasteiger partial charge in [-0.15, -0.1) is 0 Å². The molecule has 0 radical (unpaired) electrons. The molecule has 5 heteroatoms. The van der Waals surface area contributed by atoms with Gasteiger partial charge in [-0.25, -0.2) is 0 Å². The van der Waals surface area contributed by atoms with Gasteiger partial charge < -0.3 is 10.4 Å². The van der Waals surface area contributed by atoms with Crippen LogP contribution in [0.3, 0.4) is 0 Å². The second kappa shape index (κ2) is 5.46. The van der Waals surface area contributed by atoms with Crippen molar-refractivity contribution < 1.29 is 9.90 Å². The van der Waals surface area contributed by atoms with Crippen LogP contribution in [0.4, 0.5) is 0 Å². The highest BCUT2D eigenvalue weighted by molar-refractivity contribution is 5.99. The normalized spacial score (nSPS) is 10.3. The molecule has 0 aliphatic heterocycles. The number of rotatable bonds is 4. The number of benzene rings is 1. The molecule has 0 aliphatic carbocycles. The molecule has 1 aromatic heterocycles. The van der Waals surface area contributed by atoms with Gasteiger partial charge in [0.1, 0.15) is 5.69 Å². The Bertz CT molecular complexity index is 534. The molecule has 2 rings (SSSR count).